The fourth-order valence-electron chi connectivity index (χ4n) is 4.08. The molecule has 1 fully saturated rings. The van der Waals surface area contributed by atoms with Gasteiger partial charge in [-0.15, -0.1) is 0 Å². The molecule has 3 aromatic rings. The predicted molar refractivity (Wildman–Crippen MR) is 106 cm³/mol. The van der Waals surface area contributed by atoms with Crippen molar-refractivity contribution in [2.45, 2.75) is 19.3 Å². The number of carbonyl (C=O) groups is 1. The van der Waals surface area contributed by atoms with Gasteiger partial charge in [-0.3, -0.25) is 4.79 Å². The number of pyridine rings is 1. The van der Waals surface area contributed by atoms with Crippen LogP contribution in [0.2, 0.25) is 0 Å². The summed E-state index contributed by atoms with van der Waals surface area (Å²) in [6.45, 7) is 2.23. The number of amides is 1. The Morgan fingerprint density at radius 1 is 1.10 bits per heavy atom. The second kappa shape index (κ2) is 7.09. The summed E-state index contributed by atoms with van der Waals surface area (Å²) in [5.41, 5.74) is 10.1. The maximum absolute atomic E-state index is 13.4. The molecule has 1 atom stereocenters. The Morgan fingerprint density at radius 2 is 1.90 bits per heavy atom. The summed E-state index contributed by atoms with van der Waals surface area (Å²) in [6, 6.07) is 11.4. The molecule has 7 heteroatoms. The summed E-state index contributed by atoms with van der Waals surface area (Å²) in [4.78, 5) is 19.6. The lowest BCUT2D eigenvalue weighted by Gasteiger charge is -2.36. The third kappa shape index (κ3) is 3.12. The number of fused-ring (bicyclic) bond motifs is 3. The number of nitrogens with zero attached hydrogens (tertiary/aromatic N) is 2. The highest BCUT2D eigenvalue weighted by Gasteiger charge is 2.30. The molecule has 1 saturated heterocycles. The molecule has 3 heterocycles. The summed E-state index contributed by atoms with van der Waals surface area (Å²) in [7, 11) is 0. The number of hydrogen-bond acceptors (Lipinski definition) is 5. The standard InChI is InChI=1S/C22H20FN3O3/c23-15-4-1-13(2-5-15)20-12-28-8-7-26(20)22(27)14-3-6-19-16(9-14)17-10-29-11-18(17)21(24)25-19/h1-6,9,20H,7-8,10-12H2,(H2,24,25)/t20-/m1/s1. The summed E-state index contributed by atoms with van der Waals surface area (Å²) >= 11 is 0. The first-order valence-electron chi connectivity index (χ1n) is 9.55. The van der Waals surface area contributed by atoms with E-state index in [1.807, 2.05) is 12.1 Å². The van der Waals surface area contributed by atoms with Crippen LogP contribution in [0.25, 0.3) is 10.9 Å². The predicted octanol–water partition coefficient (Wildman–Crippen LogP) is 3.20. The van der Waals surface area contributed by atoms with Gasteiger partial charge in [0.25, 0.3) is 5.91 Å². The number of halogens is 1. The van der Waals surface area contributed by atoms with E-state index in [0.29, 0.717) is 44.4 Å². The van der Waals surface area contributed by atoms with E-state index in [9.17, 15) is 9.18 Å². The van der Waals surface area contributed by atoms with Crippen molar-refractivity contribution in [1.29, 1.82) is 0 Å². The normalized spacial score (nSPS) is 18.8. The molecule has 0 radical (unpaired) electrons. The van der Waals surface area contributed by atoms with Crippen molar-refractivity contribution in [1.82, 2.24) is 9.88 Å². The second-order valence-corrected chi connectivity index (χ2v) is 7.32. The van der Waals surface area contributed by atoms with Crippen molar-refractivity contribution >= 4 is 22.6 Å². The third-order valence-electron chi connectivity index (χ3n) is 5.62. The molecule has 0 spiro atoms. The van der Waals surface area contributed by atoms with Crippen LogP contribution in [0.4, 0.5) is 10.2 Å². The Bertz CT molecular complexity index is 1100. The highest BCUT2D eigenvalue weighted by molar-refractivity contribution is 5.99. The molecule has 6 nitrogen and oxygen atoms in total. The molecule has 2 aliphatic heterocycles. The van der Waals surface area contributed by atoms with Crippen molar-refractivity contribution in [2.75, 3.05) is 25.5 Å². The van der Waals surface area contributed by atoms with E-state index in [-0.39, 0.29) is 17.8 Å². The van der Waals surface area contributed by atoms with E-state index < -0.39 is 0 Å². The van der Waals surface area contributed by atoms with Gasteiger partial charge in [0.15, 0.2) is 0 Å². The topological polar surface area (TPSA) is 77.7 Å². The molecule has 148 valence electrons. The summed E-state index contributed by atoms with van der Waals surface area (Å²) in [5.74, 6) is 0.0865. The lowest BCUT2D eigenvalue weighted by molar-refractivity contribution is -0.00270. The minimum absolute atomic E-state index is 0.0889. The molecular formula is C22H20FN3O3. The molecule has 29 heavy (non-hydrogen) atoms. The quantitative estimate of drug-likeness (QED) is 0.724. The van der Waals surface area contributed by atoms with E-state index in [4.69, 9.17) is 15.2 Å². The van der Waals surface area contributed by atoms with E-state index in [2.05, 4.69) is 4.98 Å². The highest BCUT2D eigenvalue weighted by Crippen LogP contribution is 2.33. The van der Waals surface area contributed by atoms with Crippen molar-refractivity contribution in [3.63, 3.8) is 0 Å². The van der Waals surface area contributed by atoms with Crippen LogP contribution >= 0.6 is 0 Å². The molecular weight excluding hydrogens is 373 g/mol. The SMILES string of the molecule is Nc1nc2ccc(C(=O)N3CCOC[C@@H]3c3ccc(F)cc3)cc2c2c1COC2. The summed E-state index contributed by atoms with van der Waals surface area (Å²) in [6.07, 6.45) is 0. The van der Waals surface area contributed by atoms with Crippen LogP contribution in [0.3, 0.4) is 0 Å². The molecule has 0 saturated carbocycles. The number of carbonyl (C=O) groups excluding carboxylic acids is 1. The number of anilines is 1. The molecule has 0 bridgehead atoms. The van der Waals surface area contributed by atoms with E-state index >= 15 is 0 Å². The number of nitrogens with two attached hydrogens (primary N) is 1. The molecule has 0 unspecified atom stereocenters. The van der Waals surface area contributed by atoms with Gasteiger partial charge in [-0.25, -0.2) is 9.37 Å². The van der Waals surface area contributed by atoms with Crippen LogP contribution in [-0.4, -0.2) is 35.5 Å². The Balaban J connectivity index is 1.52. The summed E-state index contributed by atoms with van der Waals surface area (Å²) < 4.78 is 24.5. The molecule has 1 aromatic heterocycles. The average molecular weight is 393 g/mol. The van der Waals surface area contributed by atoms with Crippen molar-refractivity contribution in [2.24, 2.45) is 0 Å². The van der Waals surface area contributed by atoms with Crippen molar-refractivity contribution in [3.8, 4) is 0 Å². The highest BCUT2D eigenvalue weighted by atomic mass is 19.1. The lowest BCUT2D eigenvalue weighted by Crippen LogP contribution is -2.43. The Kier molecular flexibility index (Phi) is 4.41. The number of benzene rings is 2. The number of aromatic nitrogens is 1. The van der Waals surface area contributed by atoms with Gasteiger partial charge in [-0.05, 0) is 41.5 Å². The van der Waals surface area contributed by atoms with Gasteiger partial charge < -0.3 is 20.1 Å². The maximum Gasteiger partial charge on any atom is 0.254 e. The number of ether oxygens (including phenoxy) is 2. The molecule has 0 aliphatic carbocycles. The van der Waals surface area contributed by atoms with Crippen LogP contribution in [0, 0.1) is 5.82 Å². The number of morpholine rings is 1. The van der Waals surface area contributed by atoms with Crippen LogP contribution in [0.1, 0.15) is 33.1 Å². The van der Waals surface area contributed by atoms with Gasteiger partial charge in [-0.2, -0.15) is 0 Å². The van der Waals surface area contributed by atoms with E-state index in [1.54, 1.807) is 23.1 Å². The summed E-state index contributed by atoms with van der Waals surface area (Å²) in [5, 5.41) is 0.893. The Hall–Kier alpha value is -3.03. The van der Waals surface area contributed by atoms with Gasteiger partial charge in [0.1, 0.15) is 11.6 Å². The van der Waals surface area contributed by atoms with Gasteiger partial charge in [0, 0.05) is 23.1 Å². The Morgan fingerprint density at radius 3 is 2.72 bits per heavy atom. The lowest BCUT2D eigenvalue weighted by atomic mass is 10.0. The van der Waals surface area contributed by atoms with Gasteiger partial charge in [-0.1, -0.05) is 12.1 Å². The van der Waals surface area contributed by atoms with Crippen LogP contribution in [0.5, 0.6) is 0 Å². The van der Waals surface area contributed by atoms with Crippen molar-refractivity contribution in [3.05, 3.63) is 70.5 Å². The van der Waals surface area contributed by atoms with Gasteiger partial charge in [0.2, 0.25) is 0 Å². The van der Waals surface area contributed by atoms with Crippen LogP contribution in [-0.2, 0) is 22.7 Å². The smallest absolute Gasteiger partial charge is 0.254 e. The first-order valence-corrected chi connectivity index (χ1v) is 9.55. The fourth-order valence-corrected chi connectivity index (χ4v) is 4.08. The minimum Gasteiger partial charge on any atom is -0.383 e. The molecule has 5 rings (SSSR count). The minimum atomic E-state index is -0.305. The van der Waals surface area contributed by atoms with Crippen LogP contribution in [0.15, 0.2) is 42.5 Å². The molecule has 2 aromatic carbocycles. The second-order valence-electron chi connectivity index (χ2n) is 7.32. The number of hydrogen-bond donors (Lipinski definition) is 1. The van der Waals surface area contributed by atoms with E-state index in [1.165, 1.54) is 12.1 Å². The van der Waals surface area contributed by atoms with Gasteiger partial charge >= 0.3 is 0 Å². The molecule has 2 aliphatic rings. The zero-order chi connectivity index (χ0) is 20.0. The van der Waals surface area contributed by atoms with Crippen molar-refractivity contribution < 1.29 is 18.7 Å². The zero-order valence-electron chi connectivity index (χ0n) is 15.7. The Labute approximate surface area is 167 Å². The third-order valence-corrected chi connectivity index (χ3v) is 5.62. The first-order chi connectivity index (χ1) is 14.1. The monoisotopic (exact) mass is 393 g/mol. The van der Waals surface area contributed by atoms with E-state index in [0.717, 1.165) is 27.6 Å². The maximum atomic E-state index is 13.4. The number of nitrogen functional groups attached to an aromatic ring is 1. The number of rotatable bonds is 2. The largest absolute Gasteiger partial charge is 0.383 e. The van der Waals surface area contributed by atoms with Gasteiger partial charge in [0.05, 0.1) is 38.0 Å². The molecule has 1 amide bonds. The first kappa shape index (κ1) is 18.0. The molecule has 2 N–H and O–H groups in total. The zero-order valence-corrected chi connectivity index (χ0v) is 15.7. The van der Waals surface area contributed by atoms with Crippen LogP contribution < -0.4 is 5.73 Å². The average Bonchev–Trinajstić information content (AvgIpc) is 3.25. The fraction of sp³-hybridized carbons (Fsp3) is 0.273.